The van der Waals surface area contributed by atoms with E-state index in [-0.39, 0.29) is 5.92 Å². The van der Waals surface area contributed by atoms with Gasteiger partial charge in [-0.05, 0) is 36.7 Å². The van der Waals surface area contributed by atoms with E-state index in [9.17, 15) is 8.78 Å². The predicted molar refractivity (Wildman–Crippen MR) is 67.0 cm³/mol. The Hall–Kier alpha value is -1.49. The summed E-state index contributed by atoms with van der Waals surface area (Å²) in [5.41, 5.74) is 1.52. The number of nitrogens with zero attached hydrogens (tertiary/aromatic N) is 1. The first-order valence-electron chi connectivity index (χ1n) is 5.88. The van der Waals surface area contributed by atoms with Gasteiger partial charge in [-0.3, -0.25) is 0 Å². The fraction of sp³-hybridized carbons (Fsp3) is 0.308. The van der Waals surface area contributed by atoms with Gasteiger partial charge in [0.25, 0.3) is 0 Å². The van der Waals surface area contributed by atoms with E-state index in [4.69, 9.17) is 12.2 Å². The first-order valence-corrected chi connectivity index (χ1v) is 6.28. The van der Waals surface area contributed by atoms with Crippen LogP contribution in [0.5, 0.6) is 0 Å². The van der Waals surface area contributed by atoms with E-state index in [2.05, 4.69) is 4.98 Å². The quantitative estimate of drug-likeness (QED) is 0.824. The highest BCUT2D eigenvalue weighted by molar-refractivity contribution is 7.71. The first-order chi connectivity index (χ1) is 8.66. The smallest absolute Gasteiger partial charge is 0.177 e. The van der Waals surface area contributed by atoms with Crippen molar-refractivity contribution in [2.45, 2.75) is 25.3 Å². The monoisotopic (exact) mass is 266 g/mol. The lowest BCUT2D eigenvalue weighted by Crippen LogP contribution is -2.02. The molecule has 0 saturated carbocycles. The Labute approximate surface area is 108 Å². The normalized spacial score (nSPS) is 18.0. The third kappa shape index (κ3) is 1.79. The number of hydrogen-bond donors (Lipinski definition) is 1. The third-order valence-electron chi connectivity index (χ3n) is 3.52. The molecule has 1 aliphatic rings. The number of aromatic nitrogens is 2. The third-order valence-corrected chi connectivity index (χ3v) is 3.86. The number of rotatable bonds is 2. The van der Waals surface area contributed by atoms with Crippen LogP contribution in [0.3, 0.4) is 0 Å². The van der Waals surface area contributed by atoms with Gasteiger partial charge in [0.1, 0.15) is 0 Å². The van der Waals surface area contributed by atoms with Crippen LogP contribution in [-0.2, 0) is 13.0 Å². The number of hydrogen-bond acceptors (Lipinski definition) is 1. The number of aromatic amines is 1. The lowest BCUT2D eigenvalue weighted by atomic mass is 9.95. The van der Waals surface area contributed by atoms with Crippen molar-refractivity contribution >= 4 is 12.2 Å². The van der Waals surface area contributed by atoms with Gasteiger partial charge in [0.05, 0.1) is 0 Å². The van der Waals surface area contributed by atoms with Crippen LogP contribution in [0.25, 0.3) is 0 Å². The summed E-state index contributed by atoms with van der Waals surface area (Å²) in [6.45, 7) is 0.846. The number of nitrogens with one attached hydrogen (secondary N) is 1. The Morgan fingerprint density at radius 3 is 3.06 bits per heavy atom. The maximum Gasteiger partial charge on any atom is 0.177 e. The summed E-state index contributed by atoms with van der Waals surface area (Å²) < 4.78 is 29.5. The zero-order valence-electron chi connectivity index (χ0n) is 9.62. The van der Waals surface area contributed by atoms with Crippen molar-refractivity contribution < 1.29 is 8.78 Å². The molecule has 0 bridgehead atoms. The molecule has 3 rings (SSSR count). The number of halogens is 2. The SMILES string of the molecule is Fc1cccc(C[C@H]2CCn3c2c[nH]c3=S)c1F. The van der Waals surface area contributed by atoms with Crippen LogP contribution in [0.15, 0.2) is 24.4 Å². The highest BCUT2D eigenvalue weighted by Crippen LogP contribution is 2.32. The molecule has 1 N–H and O–H groups in total. The van der Waals surface area contributed by atoms with Crippen molar-refractivity contribution in [2.24, 2.45) is 0 Å². The average Bonchev–Trinajstić information content (AvgIpc) is 2.90. The topological polar surface area (TPSA) is 20.7 Å². The Morgan fingerprint density at radius 1 is 1.39 bits per heavy atom. The minimum Gasteiger partial charge on any atom is -0.337 e. The summed E-state index contributed by atoms with van der Waals surface area (Å²) in [5, 5.41) is 0. The minimum atomic E-state index is -0.781. The fourth-order valence-electron chi connectivity index (χ4n) is 2.59. The molecule has 0 amide bonds. The van der Waals surface area contributed by atoms with Gasteiger partial charge in [0, 0.05) is 24.4 Å². The number of benzene rings is 1. The van der Waals surface area contributed by atoms with Crippen LogP contribution in [-0.4, -0.2) is 9.55 Å². The molecule has 0 saturated heterocycles. The summed E-state index contributed by atoms with van der Waals surface area (Å²) in [5.74, 6) is -1.31. The van der Waals surface area contributed by atoms with Crippen LogP contribution < -0.4 is 0 Å². The van der Waals surface area contributed by atoms with E-state index < -0.39 is 11.6 Å². The highest BCUT2D eigenvalue weighted by atomic mass is 32.1. The lowest BCUT2D eigenvalue weighted by Gasteiger charge is -2.10. The summed E-state index contributed by atoms with van der Waals surface area (Å²) in [6, 6.07) is 4.33. The number of H-pyrrole nitrogens is 1. The van der Waals surface area contributed by atoms with Gasteiger partial charge in [-0.15, -0.1) is 0 Å². The van der Waals surface area contributed by atoms with Gasteiger partial charge in [-0.25, -0.2) is 8.78 Å². The second-order valence-corrected chi connectivity index (χ2v) is 4.96. The largest absolute Gasteiger partial charge is 0.337 e. The van der Waals surface area contributed by atoms with Crippen LogP contribution in [0.4, 0.5) is 8.78 Å². The van der Waals surface area contributed by atoms with Crippen molar-refractivity contribution in [3.63, 3.8) is 0 Å². The Balaban J connectivity index is 1.91. The van der Waals surface area contributed by atoms with E-state index in [0.29, 0.717) is 16.8 Å². The van der Waals surface area contributed by atoms with E-state index >= 15 is 0 Å². The van der Waals surface area contributed by atoms with E-state index in [1.807, 2.05) is 10.8 Å². The molecule has 0 unspecified atom stereocenters. The maximum atomic E-state index is 13.6. The second-order valence-electron chi connectivity index (χ2n) is 4.57. The van der Waals surface area contributed by atoms with Crippen molar-refractivity contribution in [2.75, 3.05) is 0 Å². The summed E-state index contributed by atoms with van der Waals surface area (Å²) in [6.07, 6.45) is 3.30. The van der Waals surface area contributed by atoms with Crippen molar-refractivity contribution in [1.29, 1.82) is 0 Å². The van der Waals surface area contributed by atoms with Crippen LogP contribution in [0.2, 0.25) is 0 Å². The van der Waals surface area contributed by atoms with Crippen LogP contribution in [0.1, 0.15) is 23.6 Å². The van der Waals surface area contributed by atoms with E-state index in [1.165, 1.54) is 0 Å². The molecule has 2 nitrogen and oxygen atoms in total. The van der Waals surface area contributed by atoms with Gasteiger partial charge in [0.2, 0.25) is 0 Å². The molecule has 0 aliphatic carbocycles. The molecule has 2 aromatic rings. The molecule has 1 atom stereocenters. The standard InChI is InChI=1S/C13H12F2N2S/c14-10-3-1-2-9(12(10)15)6-8-4-5-17-11(8)7-16-13(17)18/h1-3,7-8H,4-6H2,(H,16,18)/t8-/m1/s1. The second kappa shape index (κ2) is 4.31. The molecule has 0 radical (unpaired) electrons. The first kappa shape index (κ1) is 11.6. The Bertz CT molecular complexity index is 645. The minimum absolute atomic E-state index is 0.203. The number of imidazole rings is 1. The van der Waals surface area contributed by atoms with Crippen molar-refractivity contribution in [3.05, 3.63) is 52.1 Å². The Kier molecular flexibility index (Phi) is 2.78. The zero-order valence-corrected chi connectivity index (χ0v) is 10.4. The molecule has 18 heavy (non-hydrogen) atoms. The maximum absolute atomic E-state index is 13.6. The van der Waals surface area contributed by atoms with Crippen molar-refractivity contribution in [1.82, 2.24) is 9.55 Å². The molecular weight excluding hydrogens is 254 g/mol. The molecule has 5 heteroatoms. The lowest BCUT2D eigenvalue weighted by molar-refractivity contribution is 0.493. The highest BCUT2D eigenvalue weighted by Gasteiger charge is 2.25. The number of fused-ring (bicyclic) bond motifs is 1. The van der Waals surface area contributed by atoms with Gasteiger partial charge < -0.3 is 9.55 Å². The Morgan fingerprint density at radius 2 is 2.22 bits per heavy atom. The van der Waals surface area contributed by atoms with Gasteiger partial charge >= 0.3 is 0 Å². The van der Waals surface area contributed by atoms with Crippen molar-refractivity contribution in [3.8, 4) is 0 Å². The average molecular weight is 266 g/mol. The van der Waals surface area contributed by atoms with Gasteiger partial charge in [-0.1, -0.05) is 12.1 Å². The van der Waals surface area contributed by atoms with Crippen LogP contribution in [0, 0.1) is 16.4 Å². The molecule has 0 fully saturated rings. The van der Waals surface area contributed by atoms with Gasteiger partial charge in [-0.2, -0.15) is 0 Å². The zero-order chi connectivity index (χ0) is 12.7. The molecule has 1 aliphatic heterocycles. The van der Waals surface area contributed by atoms with E-state index in [1.54, 1.807) is 12.1 Å². The molecule has 2 heterocycles. The van der Waals surface area contributed by atoms with Crippen LogP contribution >= 0.6 is 12.2 Å². The van der Waals surface area contributed by atoms with Gasteiger partial charge in [0.15, 0.2) is 16.4 Å². The molecule has 94 valence electrons. The predicted octanol–water partition coefficient (Wildman–Crippen LogP) is 3.55. The summed E-state index contributed by atoms with van der Waals surface area (Å²) >= 11 is 5.15. The fourth-order valence-corrected chi connectivity index (χ4v) is 2.84. The molecule has 1 aromatic carbocycles. The summed E-state index contributed by atoms with van der Waals surface area (Å²) in [7, 11) is 0. The molecular formula is C13H12F2N2S. The summed E-state index contributed by atoms with van der Waals surface area (Å²) in [4.78, 5) is 2.99. The van der Waals surface area contributed by atoms with E-state index in [0.717, 1.165) is 24.7 Å². The molecule has 0 spiro atoms. The molecule has 1 aromatic heterocycles.